The van der Waals surface area contributed by atoms with Gasteiger partial charge in [0.25, 0.3) is 6.43 Å². The maximum Gasteiger partial charge on any atom is 0.319 e. The minimum Gasteiger partial charge on any atom is -0.366 e. The van der Waals surface area contributed by atoms with Crippen LogP contribution in [0.15, 0.2) is 17.2 Å². The monoisotopic (exact) mass is 592 g/mol. The highest BCUT2D eigenvalue weighted by Crippen LogP contribution is 2.40. The molecule has 0 unspecified atom stereocenters. The number of carbonyl (C=O) groups is 1. The van der Waals surface area contributed by atoms with Crippen LogP contribution in [0.3, 0.4) is 0 Å². The Labute approximate surface area is 225 Å². The van der Waals surface area contributed by atoms with E-state index in [1.54, 1.807) is 19.0 Å². The van der Waals surface area contributed by atoms with Crippen LogP contribution in [0.5, 0.6) is 0 Å². The van der Waals surface area contributed by atoms with Crippen molar-refractivity contribution in [2.45, 2.75) is 29.7 Å². The minimum atomic E-state index is -4.19. The van der Waals surface area contributed by atoms with Crippen molar-refractivity contribution in [3.63, 3.8) is 0 Å². The standard InChI is InChI=1S/C21H24ClF3N8O3S2/c1-30(2)20(34)32-7-5-31(6-8-32)13-9-12(38(35,36)29-21(11-23)3-4-21)10-33-14(13)15(22)26-17(33)19-28-27-18(37-19)16(24)25/h9-10,16,29H,3-8,11H2,1-2H3. The molecule has 0 radical (unpaired) electrons. The third-order valence-electron chi connectivity index (χ3n) is 6.51. The van der Waals surface area contributed by atoms with Gasteiger partial charge in [-0.15, -0.1) is 10.2 Å². The third-order valence-corrected chi connectivity index (χ3v) is 9.24. The Kier molecular flexibility index (Phi) is 6.94. The second kappa shape index (κ2) is 9.81. The summed E-state index contributed by atoms with van der Waals surface area (Å²) in [5.74, 6) is 0.0424. The van der Waals surface area contributed by atoms with E-state index in [-0.39, 0.29) is 26.9 Å². The van der Waals surface area contributed by atoms with Crippen LogP contribution in [0.25, 0.3) is 16.3 Å². The SMILES string of the molecule is CN(C)C(=O)N1CCN(c2cc(S(=O)(=O)NC3(CF)CC3)cn3c(-c4nnc(C(F)F)s4)nc(Cl)c23)CC1. The summed E-state index contributed by atoms with van der Waals surface area (Å²) in [5.41, 5.74) is -0.377. The number of aromatic nitrogens is 4. The minimum absolute atomic E-state index is 0.00919. The summed E-state index contributed by atoms with van der Waals surface area (Å²) >= 11 is 7.13. The van der Waals surface area contributed by atoms with Gasteiger partial charge in [-0.2, -0.15) is 0 Å². The summed E-state index contributed by atoms with van der Waals surface area (Å²) in [4.78, 5) is 21.5. The predicted octanol–water partition coefficient (Wildman–Crippen LogP) is 3.03. The molecule has 1 aliphatic carbocycles. The third kappa shape index (κ3) is 4.89. The van der Waals surface area contributed by atoms with Crippen molar-refractivity contribution in [1.82, 2.24) is 34.1 Å². The molecule has 38 heavy (non-hydrogen) atoms. The van der Waals surface area contributed by atoms with Crippen molar-refractivity contribution in [2.24, 2.45) is 0 Å². The van der Waals surface area contributed by atoms with Crippen molar-refractivity contribution in [2.75, 3.05) is 51.8 Å². The lowest BCUT2D eigenvalue weighted by atomic mass is 10.2. The van der Waals surface area contributed by atoms with Crippen LogP contribution in [0, 0.1) is 0 Å². The molecular formula is C21H24ClF3N8O3S2. The molecule has 17 heteroatoms. The first-order valence-corrected chi connectivity index (χ1v) is 14.3. The van der Waals surface area contributed by atoms with E-state index in [0.717, 1.165) is 0 Å². The van der Waals surface area contributed by atoms with Gasteiger partial charge in [0.15, 0.2) is 21.0 Å². The Bertz CT molecular complexity index is 1480. The molecule has 1 aliphatic heterocycles. The zero-order valence-electron chi connectivity index (χ0n) is 20.4. The van der Waals surface area contributed by atoms with Crippen LogP contribution in [0.1, 0.15) is 24.3 Å². The topological polar surface area (TPSA) is 116 Å². The van der Waals surface area contributed by atoms with Crippen molar-refractivity contribution in [1.29, 1.82) is 0 Å². The van der Waals surface area contributed by atoms with Gasteiger partial charge in [0.05, 0.1) is 11.2 Å². The van der Waals surface area contributed by atoms with Crippen LogP contribution in [0.2, 0.25) is 5.15 Å². The number of nitrogens with one attached hydrogen (secondary N) is 1. The van der Waals surface area contributed by atoms with Gasteiger partial charge in [0, 0.05) is 46.5 Å². The van der Waals surface area contributed by atoms with E-state index in [0.29, 0.717) is 61.6 Å². The highest BCUT2D eigenvalue weighted by Gasteiger charge is 2.46. The summed E-state index contributed by atoms with van der Waals surface area (Å²) < 4.78 is 70.4. The predicted molar refractivity (Wildman–Crippen MR) is 135 cm³/mol. The number of hydrogen-bond donors (Lipinski definition) is 1. The molecule has 2 fully saturated rings. The van der Waals surface area contributed by atoms with Crippen molar-refractivity contribution in [3.8, 4) is 10.8 Å². The second-order valence-corrected chi connectivity index (χ2v) is 12.5. The Balaban J connectivity index is 1.61. The Morgan fingerprint density at radius 3 is 2.47 bits per heavy atom. The van der Waals surface area contributed by atoms with Crippen LogP contribution in [-0.2, 0) is 10.0 Å². The van der Waals surface area contributed by atoms with E-state index in [1.165, 1.54) is 21.6 Å². The summed E-state index contributed by atoms with van der Waals surface area (Å²) in [5, 5.41) is 6.82. The number of pyridine rings is 1. The highest BCUT2D eigenvalue weighted by molar-refractivity contribution is 7.89. The molecule has 206 valence electrons. The van der Waals surface area contributed by atoms with Crippen LogP contribution >= 0.6 is 22.9 Å². The van der Waals surface area contributed by atoms with Gasteiger partial charge in [-0.25, -0.2) is 36.1 Å². The van der Waals surface area contributed by atoms with E-state index < -0.39 is 33.7 Å². The van der Waals surface area contributed by atoms with Gasteiger partial charge in [-0.3, -0.25) is 4.40 Å². The zero-order valence-corrected chi connectivity index (χ0v) is 22.8. The number of rotatable bonds is 7. The quantitative estimate of drug-likeness (QED) is 0.448. The van der Waals surface area contributed by atoms with Crippen molar-refractivity contribution < 1.29 is 26.4 Å². The molecule has 0 atom stereocenters. The number of amides is 2. The first kappa shape index (κ1) is 26.9. The fourth-order valence-electron chi connectivity index (χ4n) is 4.26. The summed E-state index contributed by atoms with van der Waals surface area (Å²) in [6, 6.07) is 1.28. The van der Waals surface area contributed by atoms with Gasteiger partial charge in [0.1, 0.15) is 17.1 Å². The van der Waals surface area contributed by atoms with Crippen LogP contribution in [0.4, 0.5) is 23.7 Å². The maximum absolute atomic E-state index is 13.5. The number of alkyl halides is 3. The number of fused-ring (bicyclic) bond motifs is 1. The lowest BCUT2D eigenvalue weighted by Gasteiger charge is -2.37. The van der Waals surface area contributed by atoms with E-state index in [9.17, 15) is 26.4 Å². The molecule has 2 aliphatic rings. The number of halogens is 4. The van der Waals surface area contributed by atoms with Crippen LogP contribution < -0.4 is 9.62 Å². The molecule has 0 bridgehead atoms. The Hall–Kier alpha value is -2.69. The van der Waals surface area contributed by atoms with Gasteiger partial charge < -0.3 is 14.7 Å². The number of carbonyl (C=O) groups excluding carboxylic acids is 1. The Morgan fingerprint density at radius 1 is 1.24 bits per heavy atom. The number of sulfonamides is 1. The van der Waals surface area contributed by atoms with Gasteiger partial charge in [0.2, 0.25) is 10.0 Å². The fourth-order valence-corrected chi connectivity index (χ4v) is 6.67. The van der Waals surface area contributed by atoms with Gasteiger partial charge in [-0.1, -0.05) is 22.9 Å². The summed E-state index contributed by atoms with van der Waals surface area (Å²) in [6.07, 6.45) is -0.819. The lowest BCUT2D eigenvalue weighted by molar-refractivity contribution is 0.150. The van der Waals surface area contributed by atoms with E-state index in [1.807, 2.05) is 4.90 Å². The van der Waals surface area contributed by atoms with Gasteiger partial charge in [-0.05, 0) is 18.9 Å². The summed E-state index contributed by atoms with van der Waals surface area (Å²) in [6.45, 7) is 0.635. The lowest BCUT2D eigenvalue weighted by Crippen LogP contribution is -2.51. The fraction of sp³-hybridized carbons (Fsp3) is 0.524. The largest absolute Gasteiger partial charge is 0.366 e. The molecule has 5 rings (SSSR count). The molecule has 1 N–H and O–H groups in total. The Morgan fingerprint density at radius 2 is 1.92 bits per heavy atom. The normalized spacial score (nSPS) is 17.4. The van der Waals surface area contributed by atoms with E-state index >= 15 is 0 Å². The number of imidazole rings is 1. The summed E-state index contributed by atoms with van der Waals surface area (Å²) in [7, 11) is -0.872. The molecule has 1 saturated carbocycles. The molecule has 4 heterocycles. The molecule has 11 nitrogen and oxygen atoms in total. The average molecular weight is 593 g/mol. The van der Waals surface area contributed by atoms with Crippen LogP contribution in [-0.4, -0.2) is 96.3 Å². The molecular weight excluding hydrogens is 569 g/mol. The van der Waals surface area contributed by atoms with Crippen molar-refractivity contribution >= 4 is 50.2 Å². The smallest absolute Gasteiger partial charge is 0.319 e. The first-order valence-electron chi connectivity index (χ1n) is 11.6. The maximum atomic E-state index is 13.5. The molecule has 3 aromatic heterocycles. The van der Waals surface area contributed by atoms with E-state index in [2.05, 4.69) is 19.9 Å². The van der Waals surface area contributed by atoms with Gasteiger partial charge >= 0.3 is 6.03 Å². The average Bonchev–Trinajstić information content (AvgIpc) is 3.31. The molecule has 0 aromatic carbocycles. The number of hydrogen-bond acceptors (Lipinski definition) is 8. The zero-order chi connectivity index (χ0) is 27.4. The number of urea groups is 1. The first-order chi connectivity index (χ1) is 17.9. The second-order valence-electron chi connectivity index (χ2n) is 9.42. The van der Waals surface area contributed by atoms with Crippen molar-refractivity contribution in [3.05, 3.63) is 22.4 Å². The number of nitrogens with zero attached hydrogens (tertiary/aromatic N) is 7. The highest BCUT2D eigenvalue weighted by atomic mass is 35.5. The van der Waals surface area contributed by atoms with E-state index in [4.69, 9.17) is 11.6 Å². The molecule has 3 aromatic rings. The molecule has 0 spiro atoms. The number of anilines is 1. The molecule has 2 amide bonds. The molecule has 1 saturated heterocycles. The number of piperazine rings is 1.